The summed E-state index contributed by atoms with van der Waals surface area (Å²) in [5.41, 5.74) is -0.493. The first-order chi connectivity index (χ1) is 7.99. The summed E-state index contributed by atoms with van der Waals surface area (Å²) < 4.78 is 10.5. The summed E-state index contributed by atoms with van der Waals surface area (Å²) in [4.78, 5) is 22.5. The summed E-state index contributed by atoms with van der Waals surface area (Å²) in [6, 6.07) is -0.578. The van der Waals surface area contributed by atoms with Crippen molar-refractivity contribution in [1.82, 2.24) is 10.6 Å². The number of amides is 3. The van der Waals surface area contributed by atoms with E-state index in [-0.39, 0.29) is 0 Å². The summed E-state index contributed by atoms with van der Waals surface area (Å²) in [6.07, 6.45) is 0.712. The molecular weight excluding hydrogens is 248 g/mol. The van der Waals surface area contributed by atoms with Crippen molar-refractivity contribution in [1.29, 1.82) is 0 Å². The van der Waals surface area contributed by atoms with Crippen LogP contribution in [-0.4, -0.2) is 49.8 Å². The molecule has 17 heavy (non-hydrogen) atoms. The third-order valence-electron chi connectivity index (χ3n) is 2.67. The van der Waals surface area contributed by atoms with Crippen molar-refractivity contribution < 1.29 is 19.1 Å². The minimum atomic E-state index is -0.744. The van der Waals surface area contributed by atoms with Crippen LogP contribution in [0.5, 0.6) is 0 Å². The van der Waals surface area contributed by atoms with E-state index in [1.807, 2.05) is 0 Å². The molecule has 1 saturated heterocycles. The van der Waals surface area contributed by atoms with Crippen molar-refractivity contribution in [3.05, 3.63) is 0 Å². The van der Waals surface area contributed by atoms with Crippen LogP contribution in [0.25, 0.3) is 0 Å². The van der Waals surface area contributed by atoms with E-state index in [4.69, 9.17) is 21.1 Å². The second-order valence-corrected chi connectivity index (χ2v) is 4.63. The van der Waals surface area contributed by atoms with E-state index in [2.05, 4.69) is 10.6 Å². The van der Waals surface area contributed by atoms with Crippen molar-refractivity contribution in [2.45, 2.75) is 24.3 Å². The fourth-order valence-corrected chi connectivity index (χ4v) is 1.51. The standard InChI is InChI=1S/C10H17ClN2O4/c1-7(11)8(14)13-9(15)12-5-10(16-2)3-4-17-6-10/h7H,3-6H2,1-2H3,(H2,12,13,14,15). The van der Waals surface area contributed by atoms with Gasteiger partial charge >= 0.3 is 6.03 Å². The van der Waals surface area contributed by atoms with Gasteiger partial charge < -0.3 is 14.8 Å². The minimum absolute atomic E-state index is 0.291. The predicted molar refractivity (Wildman–Crippen MR) is 62.0 cm³/mol. The smallest absolute Gasteiger partial charge is 0.321 e. The fraction of sp³-hybridized carbons (Fsp3) is 0.800. The maximum Gasteiger partial charge on any atom is 0.321 e. The highest BCUT2D eigenvalue weighted by Crippen LogP contribution is 2.21. The number of urea groups is 1. The molecule has 0 spiro atoms. The zero-order chi connectivity index (χ0) is 12.9. The Bertz CT molecular complexity index is 290. The number of methoxy groups -OCH3 is 1. The van der Waals surface area contributed by atoms with E-state index in [1.54, 1.807) is 7.11 Å². The van der Waals surface area contributed by atoms with Gasteiger partial charge in [-0.3, -0.25) is 10.1 Å². The lowest BCUT2D eigenvalue weighted by Crippen LogP contribution is -2.50. The maximum atomic E-state index is 11.4. The number of carbonyl (C=O) groups is 2. The topological polar surface area (TPSA) is 76.7 Å². The average Bonchev–Trinajstić information content (AvgIpc) is 2.75. The van der Waals surface area contributed by atoms with E-state index in [0.717, 1.165) is 0 Å². The second kappa shape index (κ2) is 6.18. The van der Waals surface area contributed by atoms with Crippen LogP contribution in [0.15, 0.2) is 0 Å². The van der Waals surface area contributed by atoms with E-state index in [0.29, 0.717) is 26.2 Å². The van der Waals surface area contributed by atoms with Crippen LogP contribution in [0.4, 0.5) is 4.79 Å². The summed E-state index contributed by atoms with van der Waals surface area (Å²) in [5.74, 6) is -0.529. The molecule has 1 aliphatic rings. The van der Waals surface area contributed by atoms with Gasteiger partial charge in [0.25, 0.3) is 0 Å². The highest BCUT2D eigenvalue weighted by atomic mass is 35.5. The number of nitrogens with one attached hydrogen (secondary N) is 2. The van der Waals surface area contributed by atoms with Gasteiger partial charge in [0.05, 0.1) is 13.2 Å². The number of rotatable bonds is 4. The molecule has 7 heteroatoms. The van der Waals surface area contributed by atoms with Crippen molar-refractivity contribution in [3.8, 4) is 0 Å². The Kier molecular flexibility index (Phi) is 5.17. The minimum Gasteiger partial charge on any atom is -0.378 e. The Morgan fingerprint density at radius 2 is 2.29 bits per heavy atom. The van der Waals surface area contributed by atoms with Gasteiger partial charge in [-0.1, -0.05) is 0 Å². The van der Waals surface area contributed by atoms with Crippen molar-refractivity contribution in [3.63, 3.8) is 0 Å². The SMILES string of the molecule is COC1(CNC(=O)NC(=O)C(C)Cl)CCOC1. The third kappa shape index (κ3) is 4.14. The van der Waals surface area contributed by atoms with E-state index >= 15 is 0 Å². The quantitative estimate of drug-likeness (QED) is 0.714. The van der Waals surface area contributed by atoms with Crippen molar-refractivity contribution in [2.24, 2.45) is 0 Å². The van der Waals surface area contributed by atoms with Gasteiger partial charge in [-0.25, -0.2) is 4.79 Å². The maximum absolute atomic E-state index is 11.4. The van der Waals surface area contributed by atoms with Gasteiger partial charge in [-0.05, 0) is 6.92 Å². The molecule has 1 heterocycles. The van der Waals surface area contributed by atoms with E-state index in [9.17, 15) is 9.59 Å². The van der Waals surface area contributed by atoms with Crippen LogP contribution in [0, 0.1) is 0 Å². The molecule has 0 aromatic heterocycles. The summed E-state index contributed by atoms with van der Waals surface area (Å²) in [6.45, 7) is 2.82. The van der Waals surface area contributed by atoms with Gasteiger partial charge in [0, 0.05) is 20.1 Å². The predicted octanol–water partition coefficient (Wildman–Crippen LogP) is 0.245. The molecule has 2 N–H and O–H groups in total. The molecule has 1 rings (SSSR count). The van der Waals surface area contributed by atoms with E-state index in [1.165, 1.54) is 6.92 Å². The van der Waals surface area contributed by atoms with Gasteiger partial charge in [0.2, 0.25) is 5.91 Å². The lowest BCUT2D eigenvalue weighted by atomic mass is 10.0. The van der Waals surface area contributed by atoms with Crippen LogP contribution in [-0.2, 0) is 14.3 Å². The Hall–Kier alpha value is -0.850. The Balaban J connectivity index is 2.34. The molecule has 2 atom stereocenters. The van der Waals surface area contributed by atoms with Crippen LogP contribution >= 0.6 is 11.6 Å². The number of alkyl halides is 1. The average molecular weight is 265 g/mol. The number of hydrogen-bond donors (Lipinski definition) is 2. The van der Waals surface area contributed by atoms with Gasteiger partial charge in [0.15, 0.2) is 0 Å². The molecule has 2 unspecified atom stereocenters. The highest BCUT2D eigenvalue weighted by molar-refractivity contribution is 6.31. The summed E-state index contributed by atoms with van der Waals surface area (Å²) >= 11 is 5.52. The van der Waals surface area contributed by atoms with Crippen LogP contribution in [0.2, 0.25) is 0 Å². The number of carbonyl (C=O) groups excluding carboxylic acids is 2. The monoisotopic (exact) mass is 264 g/mol. The number of halogens is 1. The summed E-state index contributed by atoms with van der Waals surface area (Å²) in [7, 11) is 1.57. The van der Waals surface area contributed by atoms with Crippen LogP contribution in [0.3, 0.4) is 0 Å². The molecule has 3 amide bonds. The number of ether oxygens (including phenoxy) is 2. The lowest BCUT2D eigenvalue weighted by molar-refractivity contribution is -0.119. The molecular formula is C10H17ClN2O4. The first-order valence-electron chi connectivity index (χ1n) is 5.35. The third-order valence-corrected chi connectivity index (χ3v) is 2.87. The second-order valence-electron chi connectivity index (χ2n) is 3.98. The Morgan fingerprint density at radius 1 is 1.59 bits per heavy atom. The van der Waals surface area contributed by atoms with Crippen molar-refractivity contribution in [2.75, 3.05) is 26.9 Å². The van der Waals surface area contributed by atoms with Crippen LogP contribution < -0.4 is 10.6 Å². The summed E-state index contributed by atoms with van der Waals surface area (Å²) in [5, 5.41) is 3.95. The molecule has 1 fully saturated rings. The molecule has 0 bridgehead atoms. The molecule has 1 aliphatic heterocycles. The Morgan fingerprint density at radius 3 is 2.76 bits per heavy atom. The molecule has 0 aromatic rings. The first-order valence-corrected chi connectivity index (χ1v) is 5.78. The Labute approximate surface area is 105 Å². The molecule has 98 valence electrons. The van der Waals surface area contributed by atoms with Gasteiger partial charge in [-0.15, -0.1) is 11.6 Å². The van der Waals surface area contributed by atoms with Crippen molar-refractivity contribution >= 4 is 23.5 Å². The van der Waals surface area contributed by atoms with Crippen LogP contribution in [0.1, 0.15) is 13.3 Å². The molecule has 0 saturated carbocycles. The normalized spacial score (nSPS) is 25.4. The molecule has 0 aromatic carbocycles. The number of imide groups is 1. The van der Waals surface area contributed by atoms with Gasteiger partial charge in [0.1, 0.15) is 11.0 Å². The number of hydrogen-bond acceptors (Lipinski definition) is 4. The van der Waals surface area contributed by atoms with E-state index < -0.39 is 22.9 Å². The molecule has 0 aliphatic carbocycles. The largest absolute Gasteiger partial charge is 0.378 e. The van der Waals surface area contributed by atoms with Gasteiger partial charge in [-0.2, -0.15) is 0 Å². The zero-order valence-electron chi connectivity index (χ0n) is 9.92. The molecule has 0 radical (unpaired) electrons. The lowest BCUT2D eigenvalue weighted by Gasteiger charge is -2.25. The fourth-order valence-electron chi connectivity index (χ4n) is 1.46. The first kappa shape index (κ1) is 14.2. The highest BCUT2D eigenvalue weighted by Gasteiger charge is 2.35. The molecule has 6 nitrogen and oxygen atoms in total. The zero-order valence-corrected chi connectivity index (χ0v) is 10.7.